The molecule has 1 aliphatic rings. The second-order valence-corrected chi connectivity index (χ2v) is 5.81. The molecule has 1 fully saturated rings. The molecule has 0 spiro atoms. The number of amides is 2. The quantitative estimate of drug-likeness (QED) is 0.891. The Morgan fingerprint density at radius 3 is 2.59 bits per heavy atom. The Morgan fingerprint density at radius 2 is 1.86 bits per heavy atom. The van der Waals surface area contributed by atoms with Gasteiger partial charge in [-0.25, -0.2) is 14.8 Å². The van der Waals surface area contributed by atoms with Crippen LogP contribution in [0.4, 0.5) is 4.79 Å². The number of hydrogen-bond donors (Lipinski definition) is 2. The number of rotatable bonds is 5. The van der Waals surface area contributed by atoms with E-state index in [0.717, 1.165) is 17.0 Å². The minimum atomic E-state index is -0.221. The Morgan fingerprint density at radius 1 is 1.14 bits per heavy atom. The van der Waals surface area contributed by atoms with Gasteiger partial charge in [0.05, 0.1) is 12.2 Å². The molecule has 1 aliphatic carbocycles. The fraction of sp³-hybridized carbons (Fsp3) is 0.312. The normalized spacial score (nSPS) is 13.7. The summed E-state index contributed by atoms with van der Waals surface area (Å²) in [6.45, 7) is 0.856. The molecular formula is C16H17ClN4O. The van der Waals surface area contributed by atoms with Crippen molar-refractivity contribution in [2.45, 2.75) is 31.8 Å². The number of nitrogens with zero attached hydrogens (tertiary/aromatic N) is 2. The summed E-state index contributed by atoms with van der Waals surface area (Å²) in [7, 11) is 0. The van der Waals surface area contributed by atoms with Crippen molar-refractivity contribution in [3.63, 3.8) is 0 Å². The molecule has 0 radical (unpaired) electrons. The summed E-state index contributed by atoms with van der Waals surface area (Å²) in [5.41, 5.74) is 2.91. The topological polar surface area (TPSA) is 66.9 Å². The third-order valence-electron chi connectivity index (χ3n) is 3.54. The Bertz CT molecular complexity index is 655. The average molecular weight is 317 g/mol. The third-order valence-corrected chi connectivity index (χ3v) is 3.79. The third kappa shape index (κ3) is 4.18. The van der Waals surface area contributed by atoms with E-state index in [2.05, 4.69) is 20.6 Å². The minimum absolute atomic E-state index is 0.221. The van der Waals surface area contributed by atoms with Crippen LogP contribution in [0, 0.1) is 0 Å². The molecule has 0 saturated heterocycles. The lowest BCUT2D eigenvalue weighted by Gasteiger charge is -2.08. The van der Waals surface area contributed by atoms with Gasteiger partial charge in [-0.3, -0.25) is 0 Å². The summed E-state index contributed by atoms with van der Waals surface area (Å²) in [5.74, 6) is 0.584. The van der Waals surface area contributed by atoms with Crippen LogP contribution in [0.1, 0.15) is 35.7 Å². The molecule has 2 amide bonds. The molecule has 1 heterocycles. The highest BCUT2D eigenvalue weighted by Crippen LogP contribution is 2.38. The van der Waals surface area contributed by atoms with Crippen LogP contribution in [0.5, 0.6) is 0 Å². The highest BCUT2D eigenvalue weighted by atomic mass is 35.5. The van der Waals surface area contributed by atoms with E-state index in [1.807, 2.05) is 18.2 Å². The number of benzene rings is 1. The van der Waals surface area contributed by atoms with E-state index in [4.69, 9.17) is 11.6 Å². The number of aromatic nitrogens is 2. The monoisotopic (exact) mass is 316 g/mol. The van der Waals surface area contributed by atoms with Crippen LogP contribution < -0.4 is 10.6 Å². The number of hydrogen-bond acceptors (Lipinski definition) is 3. The van der Waals surface area contributed by atoms with Gasteiger partial charge in [0.1, 0.15) is 6.33 Å². The van der Waals surface area contributed by atoms with Crippen LogP contribution in [0.3, 0.4) is 0 Å². The van der Waals surface area contributed by atoms with E-state index < -0.39 is 0 Å². The first kappa shape index (κ1) is 14.8. The van der Waals surface area contributed by atoms with E-state index in [0.29, 0.717) is 24.0 Å². The number of urea groups is 1. The fourth-order valence-electron chi connectivity index (χ4n) is 2.13. The molecule has 0 bridgehead atoms. The largest absolute Gasteiger partial charge is 0.334 e. The first-order valence-electron chi connectivity index (χ1n) is 7.27. The van der Waals surface area contributed by atoms with Crippen molar-refractivity contribution in [1.82, 2.24) is 20.6 Å². The zero-order valence-electron chi connectivity index (χ0n) is 12.1. The lowest BCUT2D eigenvalue weighted by Crippen LogP contribution is -2.34. The maximum Gasteiger partial charge on any atom is 0.315 e. The van der Waals surface area contributed by atoms with Gasteiger partial charge >= 0.3 is 6.03 Å². The zero-order valence-corrected chi connectivity index (χ0v) is 12.8. The molecule has 2 N–H and O–H groups in total. The first-order valence-corrected chi connectivity index (χ1v) is 7.65. The van der Waals surface area contributed by atoms with Crippen molar-refractivity contribution < 1.29 is 4.79 Å². The molecule has 0 unspecified atom stereocenters. The van der Waals surface area contributed by atoms with Gasteiger partial charge in [-0.1, -0.05) is 23.7 Å². The number of nitrogens with one attached hydrogen (secondary N) is 2. The van der Waals surface area contributed by atoms with Gasteiger partial charge in [0.2, 0.25) is 0 Å². The molecular weight excluding hydrogens is 300 g/mol. The maximum absolute atomic E-state index is 11.8. The smallest absolute Gasteiger partial charge is 0.315 e. The fourth-order valence-corrected chi connectivity index (χ4v) is 2.26. The van der Waals surface area contributed by atoms with Gasteiger partial charge < -0.3 is 10.6 Å². The van der Waals surface area contributed by atoms with Crippen LogP contribution in [-0.4, -0.2) is 16.0 Å². The maximum atomic E-state index is 11.8. The predicted octanol–water partition coefficient (Wildman–Crippen LogP) is 3.01. The van der Waals surface area contributed by atoms with E-state index in [1.165, 1.54) is 12.8 Å². The SMILES string of the molecule is O=C(NCc1ccc(Cl)cc1)NCc1cc(C2CC2)ncn1. The van der Waals surface area contributed by atoms with E-state index >= 15 is 0 Å². The number of carbonyl (C=O) groups excluding carboxylic acids is 1. The van der Waals surface area contributed by atoms with Crippen molar-refractivity contribution in [3.05, 3.63) is 58.6 Å². The standard InChI is InChI=1S/C16H17ClN4O/c17-13-5-1-11(2-6-13)8-18-16(22)19-9-14-7-15(12-3-4-12)21-10-20-14/h1-2,5-7,10,12H,3-4,8-9H2,(H2,18,19,22). The lowest BCUT2D eigenvalue weighted by molar-refractivity contribution is 0.240. The van der Waals surface area contributed by atoms with Gasteiger partial charge in [-0.2, -0.15) is 0 Å². The van der Waals surface area contributed by atoms with Gasteiger partial charge in [0, 0.05) is 23.2 Å². The van der Waals surface area contributed by atoms with Gasteiger partial charge in [0.25, 0.3) is 0 Å². The summed E-state index contributed by atoms with van der Waals surface area (Å²) in [5, 5.41) is 6.29. The summed E-state index contributed by atoms with van der Waals surface area (Å²) >= 11 is 5.82. The molecule has 6 heteroatoms. The Kier molecular flexibility index (Phi) is 4.53. The second kappa shape index (κ2) is 6.75. The lowest BCUT2D eigenvalue weighted by atomic mass is 10.2. The molecule has 3 rings (SSSR count). The predicted molar refractivity (Wildman–Crippen MR) is 84.5 cm³/mol. The molecule has 5 nitrogen and oxygen atoms in total. The molecule has 1 saturated carbocycles. The Balaban J connectivity index is 1.45. The highest BCUT2D eigenvalue weighted by Gasteiger charge is 2.25. The number of carbonyl (C=O) groups is 1. The minimum Gasteiger partial charge on any atom is -0.334 e. The van der Waals surface area contributed by atoms with Crippen molar-refractivity contribution in [2.75, 3.05) is 0 Å². The van der Waals surface area contributed by atoms with Crippen molar-refractivity contribution in [1.29, 1.82) is 0 Å². The Hall–Kier alpha value is -2.14. The molecule has 2 aromatic rings. The van der Waals surface area contributed by atoms with Gasteiger partial charge in [-0.15, -0.1) is 0 Å². The van der Waals surface area contributed by atoms with Crippen molar-refractivity contribution in [3.8, 4) is 0 Å². The molecule has 22 heavy (non-hydrogen) atoms. The van der Waals surface area contributed by atoms with Crippen molar-refractivity contribution in [2.24, 2.45) is 0 Å². The zero-order chi connectivity index (χ0) is 15.4. The summed E-state index contributed by atoms with van der Waals surface area (Å²) in [4.78, 5) is 20.2. The van der Waals surface area contributed by atoms with Crippen LogP contribution in [0.15, 0.2) is 36.7 Å². The van der Waals surface area contributed by atoms with Crippen LogP contribution in [-0.2, 0) is 13.1 Å². The molecule has 1 aromatic carbocycles. The van der Waals surface area contributed by atoms with Gasteiger partial charge in [0.15, 0.2) is 0 Å². The summed E-state index contributed by atoms with van der Waals surface area (Å²) < 4.78 is 0. The molecule has 1 aromatic heterocycles. The van der Waals surface area contributed by atoms with Crippen LogP contribution in [0.25, 0.3) is 0 Å². The molecule has 0 aliphatic heterocycles. The number of halogens is 1. The molecule has 114 valence electrons. The first-order chi connectivity index (χ1) is 10.7. The second-order valence-electron chi connectivity index (χ2n) is 5.37. The van der Waals surface area contributed by atoms with Gasteiger partial charge in [-0.05, 0) is 36.6 Å². The van der Waals surface area contributed by atoms with Crippen molar-refractivity contribution >= 4 is 17.6 Å². The highest BCUT2D eigenvalue weighted by molar-refractivity contribution is 6.30. The van der Waals surface area contributed by atoms with Crippen LogP contribution >= 0.6 is 11.6 Å². The molecule has 0 atom stereocenters. The average Bonchev–Trinajstić information content (AvgIpc) is 3.37. The van der Waals surface area contributed by atoms with E-state index in [9.17, 15) is 4.79 Å². The Labute approximate surface area is 134 Å². The summed E-state index contributed by atoms with van der Waals surface area (Å²) in [6, 6.07) is 9.12. The van der Waals surface area contributed by atoms with E-state index in [1.54, 1.807) is 18.5 Å². The van der Waals surface area contributed by atoms with Crippen LogP contribution in [0.2, 0.25) is 5.02 Å². The summed E-state index contributed by atoms with van der Waals surface area (Å²) in [6.07, 6.45) is 3.97. The van der Waals surface area contributed by atoms with E-state index in [-0.39, 0.29) is 6.03 Å².